The first-order chi connectivity index (χ1) is 16.9. The highest BCUT2D eigenvalue weighted by atomic mass is 16.5. The Morgan fingerprint density at radius 3 is 2.89 bits per heavy atom. The quantitative estimate of drug-likeness (QED) is 0.536. The molecular formula is C25H22N4O6. The van der Waals surface area contributed by atoms with Crippen LogP contribution in [0.3, 0.4) is 0 Å². The Morgan fingerprint density at radius 2 is 2.09 bits per heavy atom. The number of hydrogen-bond acceptors (Lipinski definition) is 7. The fourth-order valence-corrected chi connectivity index (χ4v) is 4.17. The number of ether oxygens (including phenoxy) is 2. The summed E-state index contributed by atoms with van der Waals surface area (Å²) in [6, 6.07) is 9.74. The molecule has 3 heterocycles. The molecule has 0 saturated carbocycles. The Balaban J connectivity index is 1.31. The molecule has 1 aromatic heterocycles. The maximum Gasteiger partial charge on any atom is 0.275 e. The fraction of sp³-hybridized carbons (Fsp3) is 0.240. The number of aromatic nitrogens is 2. The summed E-state index contributed by atoms with van der Waals surface area (Å²) in [4.78, 5) is 49.2. The van der Waals surface area contributed by atoms with Crippen LogP contribution in [0.1, 0.15) is 30.0 Å². The van der Waals surface area contributed by atoms with Gasteiger partial charge in [0.15, 0.2) is 0 Å². The first kappa shape index (κ1) is 22.3. The molecule has 2 N–H and O–H groups in total. The van der Waals surface area contributed by atoms with Gasteiger partial charge in [0.1, 0.15) is 24.1 Å². The molecular weight excluding hydrogens is 452 g/mol. The molecule has 10 nitrogen and oxygen atoms in total. The van der Waals surface area contributed by atoms with E-state index in [1.54, 1.807) is 49.6 Å². The van der Waals surface area contributed by atoms with Crippen LogP contribution >= 0.6 is 0 Å². The second-order valence-corrected chi connectivity index (χ2v) is 8.33. The second-order valence-electron chi connectivity index (χ2n) is 8.33. The monoisotopic (exact) mass is 474 g/mol. The molecule has 3 aromatic rings. The van der Waals surface area contributed by atoms with Crippen molar-refractivity contribution >= 4 is 34.6 Å². The van der Waals surface area contributed by atoms with Crippen LogP contribution in [0.2, 0.25) is 0 Å². The molecule has 1 fully saturated rings. The van der Waals surface area contributed by atoms with E-state index in [9.17, 15) is 19.2 Å². The van der Waals surface area contributed by atoms with Crippen molar-refractivity contribution in [2.45, 2.75) is 25.4 Å². The summed E-state index contributed by atoms with van der Waals surface area (Å²) in [6.07, 6.45) is 3.66. The molecule has 35 heavy (non-hydrogen) atoms. The van der Waals surface area contributed by atoms with Crippen molar-refractivity contribution in [3.05, 3.63) is 69.6 Å². The van der Waals surface area contributed by atoms with Crippen LogP contribution in [0.25, 0.3) is 16.8 Å². The number of benzene rings is 2. The number of carbonyl (C=O) groups is 3. The number of amides is 3. The minimum Gasteiger partial charge on any atom is -0.497 e. The van der Waals surface area contributed by atoms with Crippen molar-refractivity contribution in [2.24, 2.45) is 0 Å². The molecule has 0 aliphatic carbocycles. The summed E-state index contributed by atoms with van der Waals surface area (Å²) in [6.45, 7) is 0.403. The van der Waals surface area contributed by atoms with Gasteiger partial charge in [-0.1, -0.05) is 6.07 Å². The van der Waals surface area contributed by atoms with Gasteiger partial charge < -0.3 is 14.8 Å². The van der Waals surface area contributed by atoms with Gasteiger partial charge in [0.2, 0.25) is 5.91 Å². The van der Waals surface area contributed by atoms with Crippen molar-refractivity contribution in [1.29, 1.82) is 0 Å². The van der Waals surface area contributed by atoms with Gasteiger partial charge in [-0.15, -0.1) is 0 Å². The molecule has 2 aliphatic heterocycles. The number of hydrogen-bond donors (Lipinski definition) is 2. The number of rotatable bonds is 5. The molecule has 1 saturated heterocycles. The standard InChI is InChI=1S/C25H22N4O6/c1-34-18-3-6-21-15(10-18)9-17(13-35-21)23(31)26-11-14-2-4-19-16(8-14)12-27-29(25(19)33)20-5-7-22(30)28-24(20)32/h2-4,6,8-10,12,20H,5,7,11,13H2,1H3,(H,26,31)(H,28,30,32). The molecule has 0 radical (unpaired) electrons. The van der Waals surface area contributed by atoms with Gasteiger partial charge in [-0.3, -0.25) is 24.5 Å². The average Bonchev–Trinajstić information content (AvgIpc) is 2.87. The van der Waals surface area contributed by atoms with E-state index in [0.29, 0.717) is 27.8 Å². The predicted molar refractivity (Wildman–Crippen MR) is 126 cm³/mol. The van der Waals surface area contributed by atoms with E-state index in [1.165, 1.54) is 6.20 Å². The van der Waals surface area contributed by atoms with Gasteiger partial charge in [0, 0.05) is 23.9 Å². The summed E-state index contributed by atoms with van der Waals surface area (Å²) in [5.74, 6) is 0.215. The maximum atomic E-state index is 12.9. The molecule has 1 atom stereocenters. The van der Waals surface area contributed by atoms with Crippen LogP contribution in [0.15, 0.2) is 53.0 Å². The largest absolute Gasteiger partial charge is 0.497 e. The Bertz CT molecular complexity index is 1460. The molecule has 5 rings (SSSR count). The average molecular weight is 474 g/mol. The zero-order chi connectivity index (χ0) is 24.5. The van der Waals surface area contributed by atoms with Crippen molar-refractivity contribution in [3.8, 4) is 11.5 Å². The Hall–Kier alpha value is -4.47. The SMILES string of the molecule is COc1ccc2c(c1)C=C(C(=O)NCc1ccc3c(=O)n(C4CCC(=O)NC4=O)ncc3c1)CO2. The fourth-order valence-electron chi connectivity index (χ4n) is 4.17. The summed E-state index contributed by atoms with van der Waals surface area (Å²) in [5, 5.41) is 10.3. The molecule has 178 valence electrons. The van der Waals surface area contributed by atoms with Crippen LogP contribution < -0.4 is 25.7 Å². The lowest BCUT2D eigenvalue weighted by atomic mass is 10.1. The van der Waals surface area contributed by atoms with Gasteiger partial charge in [-0.2, -0.15) is 5.10 Å². The van der Waals surface area contributed by atoms with Crippen LogP contribution in [-0.2, 0) is 20.9 Å². The van der Waals surface area contributed by atoms with E-state index in [-0.39, 0.29) is 37.8 Å². The Labute approximate surface area is 199 Å². The highest BCUT2D eigenvalue weighted by Gasteiger charge is 2.30. The number of imide groups is 1. The smallest absolute Gasteiger partial charge is 0.275 e. The van der Waals surface area contributed by atoms with E-state index in [4.69, 9.17) is 9.47 Å². The van der Waals surface area contributed by atoms with E-state index in [2.05, 4.69) is 15.7 Å². The van der Waals surface area contributed by atoms with E-state index in [0.717, 1.165) is 15.8 Å². The summed E-state index contributed by atoms with van der Waals surface area (Å²) < 4.78 is 12.0. The van der Waals surface area contributed by atoms with E-state index < -0.39 is 17.5 Å². The predicted octanol–water partition coefficient (Wildman–Crippen LogP) is 1.47. The maximum absolute atomic E-state index is 12.9. The summed E-state index contributed by atoms with van der Waals surface area (Å²) in [5.41, 5.74) is 1.63. The van der Waals surface area contributed by atoms with Crippen molar-refractivity contribution < 1.29 is 23.9 Å². The molecule has 10 heteroatoms. The van der Waals surface area contributed by atoms with Crippen molar-refractivity contribution in [3.63, 3.8) is 0 Å². The lowest BCUT2D eigenvalue weighted by molar-refractivity contribution is -0.136. The molecule has 2 aromatic carbocycles. The number of fused-ring (bicyclic) bond motifs is 2. The van der Waals surface area contributed by atoms with Gasteiger partial charge in [-0.05, 0) is 48.4 Å². The zero-order valence-corrected chi connectivity index (χ0v) is 18.9. The van der Waals surface area contributed by atoms with Gasteiger partial charge in [0.05, 0.1) is 24.3 Å². The highest BCUT2D eigenvalue weighted by Crippen LogP contribution is 2.30. The van der Waals surface area contributed by atoms with Gasteiger partial charge in [-0.25, -0.2) is 4.68 Å². The minimum absolute atomic E-state index is 0.155. The lowest BCUT2D eigenvalue weighted by Crippen LogP contribution is -2.45. The molecule has 0 bridgehead atoms. The normalized spacial score (nSPS) is 17.2. The van der Waals surface area contributed by atoms with E-state index >= 15 is 0 Å². The summed E-state index contributed by atoms with van der Waals surface area (Å²) >= 11 is 0. The van der Waals surface area contributed by atoms with Crippen LogP contribution in [0.4, 0.5) is 0 Å². The summed E-state index contributed by atoms with van der Waals surface area (Å²) in [7, 11) is 1.58. The van der Waals surface area contributed by atoms with Crippen molar-refractivity contribution in [2.75, 3.05) is 13.7 Å². The molecule has 0 spiro atoms. The molecule has 1 unspecified atom stereocenters. The number of nitrogens with one attached hydrogen (secondary N) is 2. The van der Waals surface area contributed by atoms with Crippen LogP contribution in [-0.4, -0.2) is 41.2 Å². The number of methoxy groups -OCH3 is 1. The van der Waals surface area contributed by atoms with Crippen LogP contribution in [0.5, 0.6) is 11.5 Å². The minimum atomic E-state index is -0.820. The van der Waals surface area contributed by atoms with E-state index in [1.807, 2.05) is 0 Å². The third kappa shape index (κ3) is 4.37. The van der Waals surface area contributed by atoms with Crippen molar-refractivity contribution in [1.82, 2.24) is 20.4 Å². The number of nitrogens with zero attached hydrogens (tertiary/aromatic N) is 2. The number of carbonyl (C=O) groups excluding carboxylic acids is 3. The third-order valence-corrected chi connectivity index (χ3v) is 6.06. The highest BCUT2D eigenvalue weighted by molar-refractivity contribution is 6.00. The zero-order valence-electron chi connectivity index (χ0n) is 18.9. The first-order valence-electron chi connectivity index (χ1n) is 11.1. The Kier molecular flexibility index (Phi) is 5.77. The number of piperidine rings is 1. The third-order valence-electron chi connectivity index (χ3n) is 6.06. The second kappa shape index (κ2) is 9.05. The molecule has 2 aliphatic rings. The lowest BCUT2D eigenvalue weighted by Gasteiger charge is -2.21. The first-order valence-corrected chi connectivity index (χ1v) is 11.1. The van der Waals surface area contributed by atoms with Gasteiger partial charge >= 0.3 is 0 Å². The molecule has 3 amide bonds. The van der Waals surface area contributed by atoms with Crippen LogP contribution in [0, 0.1) is 0 Å². The van der Waals surface area contributed by atoms with Gasteiger partial charge in [0.25, 0.3) is 17.4 Å². The topological polar surface area (TPSA) is 129 Å². The Morgan fingerprint density at radius 1 is 1.23 bits per heavy atom.